The normalized spacial score (nSPS) is 19.3. The molecule has 0 saturated carbocycles. The van der Waals surface area contributed by atoms with Crippen LogP contribution in [0.1, 0.15) is 11.1 Å². The molecule has 0 spiro atoms. The molecular weight excluding hydrogens is 545 g/mol. The Morgan fingerprint density at radius 2 is 1.21 bits per heavy atom. The Morgan fingerprint density at radius 3 is 1.59 bits per heavy atom. The fraction of sp³-hybridized carbons (Fsp3) is 0.333. The minimum absolute atomic E-state index is 0.337. The van der Waals surface area contributed by atoms with E-state index < -0.39 is 0 Å². The van der Waals surface area contributed by atoms with Gasteiger partial charge in [0, 0.05) is 45.0 Å². The summed E-state index contributed by atoms with van der Waals surface area (Å²) in [6, 6.07) is 8.90. The van der Waals surface area contributed by atoms with E-state index in [1.807, 2.05) is 23.5 Å². The molecule has 4 nitrogen and oxygen atoms in total. The number of thioether (sulfide) groups is 6. The highest BCUT2D eigenvalue weighted by molar-refractivity contribution is 8.24. The first-order valence-electron chi connectivity index (χ1n) is 10.4. The minimum Gasteiger partial charge on any atom is -0.457 e. The van der Waals surface area contributed by atoms with E-state index in [0.29, 0.717) is 22.4 Å². The average Bonchev–Trinajstić information content (AvgIpc) is 3.51. The van der Waals surface area contributed by atoms with Crippen molar-refractivity contribution in [1.82, 2.24) is 0 Å². The molecule has 2 unspecified atom stereocenters. The summed E-state index contributed by atoms with van der Waals surface area (Å²) in [5.74, 6) is 3.32. The largest absolute Gasteiger partial charge is 0.457 e. The second-order valence-corrected chi connectivity index (χ2v) is 14.5. The third-order valence-electron chi connectivity index (χ3n) is 4.38. The molecule has 1 aromatic carbocycles. The van der Waals surface area contributed by atoms with Crippen molar-refractivity contribution >= 4 is 82.5 Å². The molecular formula is C24H26O4S6. The number of esters is 2. The molecule has 0 radical (unpaired) electrons. The van der Waals surface area contributed by atoms with E-state index in [0.717, 1.165) is 32.8 Å². The van der Waals surface area contributed by atoms with Gasteiger partial charge in [-0.3, -0.25) is 0 Å². The lowest BCUT2D eigenvalue weighted by molar-refractivity contribution is -0.137. The molecule has 3 rings (SSSR count). The van der Waals surface area contributed by atoms with Crippen LogP contribution >= 0.6 is 70.6 Å². The summed E-state index contributed by atoms with van der Waals surface area (Å²) in [4.78, 5) is 24.6. The molecule has 2 aliphatic heterocycles. The Balaban J connectivity index is 1.25. The molecule has 0 N–H and O–H groups in total. The standard InChI is InChI=1S/C24H26O4S6/c1-3-21(25)27-9-19-13-31-23(33-19)15-29-11-17-5-7-18(8-6-17)12-30-16-24-32-14-20(34-24)10-28-22(26)4-2/h3-8,13-14,23-24H,1-2,9-12,15-16H2. The SMILES string of the molecule is C=CC(=O)OCC1=CSC(CSCc2ccc(CSCC3SC=C(COC(=O)C=C)S3)cc2)S1. The lowest BCUT2D eigenvalue weighted by Crippen LogP contribution is -2.03. The van der Waals surface area contributed by atoms with Gasteiger partial charge in [-0.05, 0) is 21.9 Å². The van der Waals surface area contributed by atoms with E-state index in [4.69, 9.17) is 9.47 Å². The highest BCUT2D eigenvalue weighted by Crippen LogP contribution is 2.42. The molecule has 1 aromatic rings. The van der Waals surface area contributed by atoms with Gasteiger partial charge >= 0.3 is 11.9 Å². The molecule has 0 saturated heterocycles. The van der Waals surface area contributed by atoms with Crippen LogP contribution in [0.4, 0.5) is 0 Å². The van der Waals surface area contributed by atoms with Crippen LogP contribution in [-0.4, -0.2) is 45.8 Å². The molecule has 0 fully saturated rings. The van der Waals surface area contributed by atoms with E-state index in [9.17, 15) is 9.59 Å². The molecule has 34 heavy (non-hydrogen) atoms. The number of benzene rings is 1. The molecule has 2 aliphatic rings. The predicted molar refractivity (Wildman–Crippen MR) is 155 cm³/mol. The quantitative estimate of drug-likeness (QED) is 0.174. The summed E-state index contributed by atoms with van der Waals surface area (Å²) in [7, 11) is 0. The summed E-state index contributed by atoms with van der Waals surface area (Å²) in [6.07, 6.45) is 2.39. The zero-order valence-electron chi connectivity index (χ0n) is 18.5. The van der Waals surface area contributed by atoms with E-state index in [-0.39, 0.29) is 11.9 Å². The van der Waals surface area contributed by atoms with Gasteiger partial charge in [-0.25, -0.2) is 9.59 Å². The third-order valence-corrected chi connectivity index (χ3v) is 12.7. The smallest absolute Gasteiger partial charge is 0.330 e. The first-order chi connectivity index (χ1) is 16.6. The number of rotatable bonds is 14. The van der Waals surface area contributed by atoms with Crippen molar-refractivity contribution in [2.45, 2.75) is 20.7 Å². The number of ether oxygens (including phenoxy) is 2. The summed E-state index contributed by atoms with van der Waals surface area (Å²) < 4.78 is 11.1. The number of carbonyl (C=O) groups excluding carboxylic acids is 2. The van der Waals surface area contributed by atoms with Gasteiger partial charge in [0.1, 0.15) is 13.2 Å². The maximum atomic E-state index is 11.2. The van der Waals surface area contributed by atoms with Crippen molar-refractivity contribution in [2.24, 2.45) is 0 Å². The van der Waals surface area contributed by atoms with Crippen molar-refractivity contribution in [3.8, 4) is 0 Å². The van der Waals surface area contributed by atoms with E-state index >= 15 is 0 Å². The van der Waals surface area contributed by atoms with Gasteiger partial charge in [-0.1, -0.05) is 37.4 Å². The van der Waals surface area contributed by atoms with Gasteiger partial charge in [-0.15, -0.1) is 47.0 Å². The maximum Gasteiger partial charge on any atom is 0.330 e. The van der Waals surface area contributed by atoms with Gasteiger partial charge < -0.3 is 9.47 Å². The van der Waals surface area contributed by atoms with E-state index in [2.05, 4.69) is 48.2 Å². The van der Waals surface area contributed by atoms with Crippen LogP contribution in [0.5, 0.6) is 0 Å². The summed E-state index contributed by atoms with van der Waals surface area (Å²) in [6.45, 7) is 7.50. The zero-order chi connectivity index (χ0) is 24.2. The van der Waals surface area contributed by atoms with Crippen LogP contribution < -0.4 is 0 Å². The molecule has 0 aromatic heterocycles. The number of hydrogen-bond donors (Lipinski definition) is 0. The molecule has 2 heterocycles. The third kappa shape index (κ3) is 10.1. The first kappa shape index (κ1) is 27.8. The van der Waals surface area contributed by atoms with Gasteiger partial charge in [0.15, 0.2) is 0 Å². The lowest BCUT2D eigenvalue weighted by atomic mass is 10.2. The molecule has 182 valence electrons. The van der Waals surface area contributed by atoms with Gasteiger partial charge in [-0.2, -0.15) is 23.5 Å². The van der Waals surface area contributed by atoms with Crippen LogP contribution in [0.15, 0.2) is 70.2 Å². The molecule has 0 amide bonds. The second-order valence-electron chi connectivity index (χ2n) is 7.01. The van der Waals surface area contributed by atoms with Crippen molar-refractivity contribution in [3.63, 3.8) is 0 Å². The highest BCUT2D eigenvalue weighted by Gasteiger charge is 2.20. The predicted octanol–water partition coefficient (Wildman–Crippen LogP) is 6.91. The Hall–Kier alpha value is -0.780. The topological polar surface area (TPSA) is 52.6 Å². The van der Waals surface area contributed by atoms with Crippen LogP contribution in [0.25, 0.3) is 0 Å². The second kappa shape index (κ2) is 15.4. The van der Waals surface area contributed by atoms with E-state index in [1.165, 1.54) is 23.3 Å². The fourth-order valence-electron chi connectivity index (χ4n) is 2.72. The van der Waals surface area contributed by atoms with Crippen molar-refractivity contribution < 1.29 is 19.1 Å². The maximum absolute atomic E-state index is 11.2. The fourth-order valence-corrected chi connectivity index (χ4v) is 10.5. The summed E-state index contributed by atoms with van der Waals surface area (Å²) in [5, 5.41) is 4.19. The lowest BCUT2D eigenvalue weighted by Gasteiger charge is -2.10. The Kier molecular flexibility index (Phi) is 12.6. The Morgan fingerprint density at radius 1 is 0.794 bits per heavy atom. The molecule has 10 heteroatoms. The van der Waals surface area contributed by atoms with Crippen molar-refractivity contribution in [2.75, 3.05) is 24.7 Å². The van der Waals surface area contributed by atoms with Crippen LogP contribution in [0.2, 0.25) is 0 Å². The number of carbonyl (C=O) groups is 2. The van der Waals surface area contributed by atoms with Gasteiger partial charge in [0.25, 0.3) is 0 Å². The molecule has 2 atom stereocenters. The minimum atomic E-state index is -0.377. The van der Waals surface area contributed by atoms with Crippen molar-refractivity contribution in [3.05, 3.63) is 81.3 Å². The Labute approximate surface area is 227 Å². The summed E-state index contributed by atoms with van der Waals surface area (Å²) >= 11 is 11.0. The van der Waals surface area contributed by atoms with E-state index in [1.54, 1.807) is 47.0 Å². The monoisotopic (exact) mass is 570 g/mol. The van der Waals surface area contributed by atoms with Crippen LogP contribution in [-0.2, 0) is 30.6 Å². The first-order valence-corrected chi connectivity index (χ1v) is 16.3. The molecule has 0 aliphatic carbocycles. The Bertz CT molecular complexity index is 853. The van der Waals surface area contributed by atoms with Gasteiger partial charge in [0.05, 0.1) is 9.16 Å². The van der Waals surface area contributed by atoms with Gasteiger partial charge in [0.2, 0.25) is 0 Å². The highest BCUT2D eigenvalue weighted by atomic mass is 32.2. The average molecular weight is 571 g/mol. The summed E-state index contributed by atoms with van der Waals surface area (Å²) in [5.41, 5.74) is 2.68. The number of hydrogen-bond acceptors (Lipinski definition) is 10. The molecule has 0 bridgehead atoms. The zero-order valence-corrected chi connectivity index (χ0v) is 23.4. The van der Waals surface area contributed by atoms with Crippen LogP contribution in [0.3, 0.4) is 0 Å². The van der Waals surface area contributed by atoms with Crippen LogP contribution in [0, 0.1) is 0 Å². The van der Waals surface area contributed by atoms with Crippen molar-refractivity contribution in [1.29, 1.82) is 0 Å².